The summed E-state index contributed by atoms with van der Waals surface area (Å²) in [5, 5.41) is 0. The Labute approximate surface area is 235 Å². The highest BCUT2D eigenvalue weighted by Crippen LogP contribution is 2.41. The maximum atomic E-state index is 15.7. The third-order valence-electron chi connectivity index (χ3n) is 8.97. The van der Waals surface area contributed by atoms with Gasteiger partial charge in [-0.15, -0.1) is 0 Å². The molecule has 0 N–H and O–H groups in total. The Morgan fingerprint density at radius 2 is 1.60 bits per heavy atom. The van der Waals surface area contributed by atoms with E-state index in [0.29, 0.717) is 64.1 Å². The van der Waals surface area contributed by atoms with E-state index in [0.717, 1.165) is 17.9 Å². The lowest BCUT2D eigenvalue weighted by Crippen LogP contribution is -2.51. The van der Waals surface area contributed by atoms with Crippen molar-refractivity contribution in [1.82, 2.24) is 14.1 Å². The molecule has 12 heteroatoms. The van der Waals surface area contributed by atoms with E-state index in [1.54, 1.807) is 11.0 Å². The van der Waals surface area contributed by atoms with Crippen molar-refractivity contribution < 1.29 is 30.8 Å². The van der Waals surface area contributed by atoms with Gasteiger partial charge in [0.1, 0.15) is 0 Å². The molecule has 0 spiro atoms. The number of rotatable bonds is 5. The molecule has 226 valence electrons. The van der Waals surface area contributed by atoms with Crippen molar-refractivity contribution in [2.24, 2.45) is 0 Å². The van der Waals surface area contributed by atoms with Crippen LogP contribution in [0.15, 0.2) is 18.2 Å². The van der Waals surface area contributed by atoms with E-state index in [1.165, 1.54) is 17.4 Å². The number of carbonyl (C=O) groups is 1. The SMILES string of the molecule is CN(C1CCN(c2cc(C(F)(F)F)ccc2C2CCN(C(=O)[C@@]3(F)CCN(C(C)(C)C)C3)CC2)CC1)S(C)(=O)=O. The summed E-state index contributed by atoms with van der Waals surface area (Å²) < 4.78 is 82.0. The van der Waals surface area contributed by atoms with Gasteiger partial charge < -0.3 is 9.80 Å². The van der Waals surface area contributed by atoms with Crippen LogP contribution in [0.25, 0.3) is 0 Å². The zero-order chi connectivity index (χ0) is 29.7. The molecule has 4 rings (SSSR count). The summed E-state index contributed by atoms with van der Waals surface area (Å²) in [6.07, 6.45) is -1.08. The number of sulfonamides is 1. The number of halogens is 4. The fourth-order valence-electron chi connectivity index (χ4n) is 6.28. The van der Waals surface area contributed by atoms with Crippen molar-refractivity contribution in [3.63, 3.8) is 0 Å². The van der Waals surface area contributed by atoms with Gasteiger partial charge in [0.15, 0.2) is 0 Å². The van der Waals surface area contributed by atoms with Gasteiger partial charge >= 0.3 is 6.18 Å². The Morgan fingerprint density at radius 1 is 1.00 bits per heavy atom. The highest BCUT2D eigenvalue weighted by atomic mass is 32.2. The molecular weight excluding hydrogens is 548 g/mol. The zero-order valence-corrected chi connectivity index (χ0v) is 24.9. The molecule has 1 amide bonds. The minimum atomic E-state index is -4.49. The molecule has 40 heavy (non-hydrogen) atoms. The van der Waals surface area contributed by atoms with E-state index in [2.05, 4.69) is 0 Å². The topological polar surface area (TPSA) is 64.2 Å². The number of benzene rings is 1. The first-order valence-corrected chi connectivity index (χ1v) is 15.9. The summed E-state index contributed by atoms with van der Waals surface area (Å²) >= 11 is 0. The monoisotopic (exact) mass is 590 g/mol. The van der Waals surface area contributed by atoms with Crippen molar-refractivity contribution in [3.05, 3.63) is 29.3 Å². The van der Waals surface area contributed by atoms with Crippen LogP contribution in [0, 0.1) is 0 Å². The first-order valence-electron chi connectivity index (χ1n) is 14.0. The fraction of sp³-hybridized carbons (Fsp3) is 0.750. The minimum Gasteiger partial charge on any atom is -0.371 e. The minimum absolute atomic E-state index is 0.0667. The van der Waals surface area contributed by atoms with E-state index in [4.69, 9.17) is 0 Å². The summed E-state index contributed by atoms with van der Waals surface area (Å²) in [7, 11) is -1.83. The summed E-state index contributed by atoms with van der Waals surface area (Å²) in [6.45, 7) is 8.18. The highest BCUT2D eigenvalue weighted by molar-refractivity contribution is 7.88. The van der Waals surface area contributed by atoms with E-state index in [-0.39, 0.29) is 30.5 Å². The molecule has 3 aliphatic rings. The quantitative estimate of drug-likeness (QED) is 0.474. The Hall–Kier alpha value is -1.92. The smallest absolute Gasteiger partial charge is 0.371 e. The number of piperidine rings is 2. The van der Waals surface area contributed by atoms with E-state index in [9.17, 15) is 26.4 Å². The average molecular weight is 591 g/mol. The molecule has 0 radical (unpaired) electrons. The predicted octanol–water partition coefficient (Wildman–Crippen LogP) is 4.48. The Morgan fingerprint density at radius 3 is 2.10 bits per heavy atom. The van der Waals surface area contributed by atoms with Crippen molar-refractivity contribution in [2.75, 3.05) is 57.5 Å². The fourth-order valence-corrected chi connectivity index (χ4v) is 7.03. The van der Waals surface area contributed by atoms with Crippen molar-refractivity contribution in [3.8, 4) is 0 Å². The summed E-state index contributed by atoms with van der Waals surface area (Å²) in [5.74, 6) is -0.551. The Bertz CT molecular complexity index is 1190. The van der Waals surface area contributed by atoms with Crippen LogP contribution in [0.3, 0.4) is 0 Å². The van der Waals surface area contributed by atoms with Crippen LogP contribution in [0.2, 0.25) is 0 Å². The van der Waals surface area contributed by atoms with Crippen LogP contribution in [-0.2, 0) is 21.0 Å². The van der Waals surface area contributed by atoms with Gasteiger partial charge in [-0.25, -0.2) is 17.1 Å². The van der Waals surface area contributed by atoms with Gasteiger partial charge in [-0.05, 0) is 70.1 Å². The molecule has 0 aliphatic carbocycles. The van der Waals surface area contributed by atoms with Crippen LogP contribution in [0.1, 0.15) is 69.9 Å². The van der Waals surface area contributed by atoms with Crippen LogP contribution < -0.4 is 4.90 Å². The van der Waals surface area contributed by atoms with E-state index < -0.39 is 33.3 Å². The van der Waals surface area contributed by atoms with Gasteiger partial charge in [0, 0.05) is 70.0 Å². The number of nitrogens with zero attached hydrogens (tertiary/aromatic N) is 4. The largest absolute Gasteiger partial charge is 0.416 e. The predicted molar refractivity (Wildman–Crippen MR) is 148 cm³/mol. The number of amides is 1. The highest BCUT2D eigenvalue weighted by Gasteiger charge is 2.50. The Balaban J connectivity index is 1.48. The Kier molecular flexibility index (Phi) is 8.57. The molecule has 0 aromatic heterocycles. The number of likely N-dealkylation sites (tertiary alicyclic amines) is 2. The molecule has 3 heterocycles. The van der Waals surface area contributed by atoms with Crippen LogP contribution in [-0.4, -0.2) is 98.3 Å². The van der Waals surface area contributed by atoms with Crippen molar-refractivity contribution in [2.45, 2.75) is 82.2 Å². The lowest BCUT2D eigenvalue weighted by atomic mass is 9.86. The van der Waals surface area contributed by atoms with E-state index in [1.807, 2.05) is 30.6 Å². The molecule has 1 atom stereocenters. The van der Waals surface area contributed by atoms with E-state index >= 15 is 4.39 Å². The second kappa shape index (κ2) is 11.1. The summed E-state index contributed by atoms with van der Waals surface area (Å²) in [5.41, 5.74) is -1.56. The number of anilines is 1. The second-order valence-corrected chi connectivity index (χ2v) is 14.7. The van der Waals surface area contributed by atoms with Gasteiger partial charge in [0.2, 0.25) is 15.7 Å². The zero-order valence-electron chi connectivity index (χ0n) is 24.1. The number of hydrogen-bond acceptors (Lipinski definition) is 5. The van der Waals surface area contributed by atoms with Crippen LogP contribution >= 0.6 is 0 Å². The van der Waals surface area contributed by atoms with Gasteiger partial charge in [0.05, 0.1) is 11.8 Å². The number of alkyl halides is 4. The van der Waals surface area contributed by atoms with Gasteiger partial charge in [-0.3, -0.25) is 9.69 Å². The molecule has 7 nitrogen and oxygen atoms in total. The molecule has 0 saturated carbocycles. The first kappa shape index (κ1) is 31.0. The van der Waals surface area contributed by atoms with Gasteiger partial charge in [0.25, 0.3) is 5.91 Å². The number of hydrogen-bond donors (Lipinski definition) is 0. The lowest BCUT2D eigenvalue weighted by molar-refractivity contribution is -0.144. The molecular formula is C28H42F4N4O3S. The average Bonchev–Trinajstić information content (AvgIpc) is 3.30. The molecule has 1 aromatic carbocycles. The third kappa shape index (κ3) is 6.59. The maximum Gasteiger partial charge on any atom is 0.416 e. The number of carbonyl (C=O) groups excluding carboxylic acids is 1. The lowest BCUT2D eigenvalue weighted by Gasteiger charge is -2.40. The van der Waals surface area contributed by atoms with Crippen molar-refractivity contribution >= 4 is 21.6 Å². The standard InChI is InChI=1S/C28H42F4N4O3S/c1-26(2,3)36-17-12-27(29,19-36)25(37)35-13-8-20(9-14-35)23-7-6-21(28(30,31)32)18-24(23)34-15-10-22(11-16-34)33(4)40(5,38)39/h6-7,18,20,22H,8-17,19H2,1-5H3/t27-/m1/s1. The normalized spacial score (nSPS) is 24.8. The summed E-state index contributed by atoms with van der Waals surface area (Å²) in [4.78, 5) is 18.7. The van der Waals surface area contributed by atoms with Crippen molar-refractivity contribution in [1.29, 1.82) is 0 Å². The molecule has 3 saturated heterocycles. The van der Waals surface area contributed by atoms with Crippen LogP contribution in [0.5, 0.6) is 0 Å². The van der Waals surface area contributed by atoms with Crippen LogP contribution in [0.4, 0.5) is 23.2 Å². The summed E-state index contributed by atoms with van der Waals surface area (Å²) in [6, 6.07) is 3.65. The third-order valence-corrected chi connectivity index (χ3v) is 10.3. The molecule has 0 bridgehead atoms. The maximum absolute atomic E-state index is 15.7. The second-order valence-electron chi connectivity index (χ2n) is 12.6. The van der Waals surface area contributed by atoms with Gasteiger partial charge in [-0.2, -0.15) is 13.2 Å². The molecule has 3 fully saturated rings. The molecule has 1 aromatic rings. The first-order chi connectivity index (χ1) is 18.4. The van der Waals surface area contributed by atoms with Gasteiger partial charge in [-0.1, -0.05) is 6.07 Å². The molecule has 3 aliphatic heterocycles. The molecule has 0 unspecified atom stereocenters.